The minimum atomic E-state index is -1.13. The number of halogens is 1. The molecule has 9 heteroatoms. The number of aliphatic hydroxyl groups excluding tert-OH is 1. The fraction of sp³-hybridized carbons (Fsp3) is 0.767. The Morgan fingerprint density at radius 1 is 1.18 bits per heavy atom. The van der Waals surface area contributed by atoms with Gasteiger partial charge in [-0.2, -0.15) is 0 Å². The van der Waals surface area contributed by atoms with E-state index in [-0.39, 0.29) is 41.1 Å². The molecule has 2 bridgehead atoms. The first-order valence-electron chi connectivity index (χ1n) is 14.7. The van der Waals surface area contributed by atoms with Crippen molar-refractivity contribution in [3.05, 3.63) is 25.3 Å². The average Bonchev–Trinajstić information content (AvgIpc) is 3.51. The molecule has 8 nitrogen and oxygen atoms in total. The van der Waals surface area contributed by atoms with Crippen LogP contribution >= 0.6 is 15.9 Å². The number of likely N-dealkylation sites (tertiary alicyclic amines) is 1. The van der Waals surface area contributed by atoms with Gasteiger partial charge in [0.1, 0.15) is 11.6 Å². The van der Waals surface area contributed by atoms with Crippen molar-refractivity contribution in [1.29, 1.82) is 0 Å². The van der Waals surface area contributed by atoms with Crippen molar-refractivity contribution in [1.82, 2.24) is 14.7 Å². The van der Waals surface area contributed by atoms with Crippen LogP contribution in [0.5, 0.6) is 0 Å². The van der Waals surface area contributed by atoms with Crippen LogP contribution in [0.2, 0.25) is 0 Å². The van der Waals surface area contributed by atoms with E-state index in [0.29, 0.717) is 26.1 Å². The molecule has 1 saturated carbocycles. The van der Waals surface area contributed by atoms with E-state index in [0.717, 1.165) is 38.5 Å². The molecule has 0 aromatic heterocycles. The maximum absolute atomic E-state index is 14.7. The standard InChI is InChI=1S/C30H46BrN3O5/c1-6-14-32(15-7-2)27(36)23-24-28(37)34(22(18-35)19(4)5)26(30(24)17-21(31)25(23)39-30)29(38)33(16-8-3)20-12-10-9-11-13-20/h6,8,19-26,35H,1,3,7,9-18H2,2,4-5H3/t21?,22-,23-,24-,25-,26?,30?/m0/s1. The third-order valence-electron chi connectivity index (χ3n) is 9.34. The fourth-order valence-electron chi connectivity index (χ4n) is 7.64. The number of aliphatic hydroxyl groups is 1. The number of carbonyl (C=O) groups excluding carboxylic acids is 3. The molecule has 0 aromatic carbocycles. The summed E-state index contributed by atoms with van der Waals surface area (Å²) in [6.45, 7) is 14.7. The Bertz CT molecular complexity index is 953. The predicted molar refractivity (Wildman–Crippen MR) is 154 cm³/mol. The molecule has 7 atom stereocenters. The largest absolute Gasteiger partial charge is 0.394 e. The maximum Gasteiger partial charge on any atom is 0.248 e. The Balaban J connectivity index is 1.81. The number of hydrogen-bond acceptors (Lipinski definition) is 5. The zero-order valence-corrected chi connectivity index (χ0v) is 25.4. The molecule has 4 rings (SSSR count). The average molecular weight is 609 g/mol. The second kappa shape index (κ2) is 12.4. The van der Waals surface area contributed by atoms with Crippen LogP contribution in [0.15, 0.2) is 25.3 Å². The lowest BCUT2D eigenvalue weighted by Gasteiger charge is -2.43. The lowest BCUT2D eigenvalue weighted by molar-refractivity contribution is -0.154. The second-order valence-corrected chi connectivity index (χ2v) is 13.2. The molecule has 4 aliphatic rings. The molecule has 39 heavy (non-hydrogen) atoms. The molecule has 3 amide bonds. The van der Waals surface area contributed by atoms with Gasteiger partial charge < -0.3 is 24.5 Å². The number of nitrogens with zero attached hydrogens (tertiary/aromatic N) is 3. The molecule has 4 fully saturated rings. The summed E-state index contributed by atoms with van der Waals surface area (Å²) in [5.74, 6) is -2.08. The molecule has 3 aliphatic heterocycles. The van der Waals surface area contributed by atoms with Crippen molar-refractivity contribution in [2.45, 2.75) is 100 Å². The topological polar surface area (TPSA) is 90.4 Å². The normalized spacial score (nSPS) is 32.8. The van der Waals surface area contributed by atoms with Crippen LogP contribution in [-0.4, -0.2) is 98.4 Å². The number of alkyl halides is 1. The summed E-state index contributed by atoms with van der Waals surface area (Å²) < 4.78 is 6.72. The van der Waals surface area contributed by atoms with E-state index in [1.807, 2.05) is 25.7 Å². The van der Waals surface area contributed by atoms with E-state index in [4.69, 9.17) is 4.74 Å². The lowest BCUT2D eigenvalue weighted by atomic mass is 9.70. The summed E-state index contributed by atoms with van der Waals surface area (Å²) in [6, 6.07) is -1.39. The molecule has 3 saturated heterocycles. The van der Waals surface area contributed by atoms with Gasteiger partial charge in [-0.05, 0) is 31.6 Å². The van der Waals surface area contributed by atoms with E-state index >= 15 is 0 Å². The van der Waals surface area contributed by atoms with Crippen molar-refractivity contribution < 1.29 is 24.2 Å². The third kappa shape index (κ3) is 5.12. The summed E-state index contributed by atoms with van der Waals surface area (Å²) in [6.07, 6.45) is 9.32. The molecule has 0 radical (unpaired) electrons. The quantitative estimate of drug-likeness (QED) is 0.271. The molecule has 218 valence electrons. The van der Waals surface area contributed by atoms with Gasteiger partial charge in [0.2, 0.25) is 17.7 Å². The van der Waals surface area contributed by atoms with Gasteiger partial charge in [0.15, 0.2) is 0 Å². The number of rotatable bonds is 12. The summed E-state index contributed by atoms with van der Waals surface area (Å²) in [4.78, 5) is 48.2. The van der Waals surface area contributed by atoms with Crippen molar-refractivity contribution in [3.63, 3.8) is 0 Å². The van der Waals surface area contributed by atoms with E-state index in [1.54, 1.807) is 22.0 Å². The monoisotopic (exact) mass is 607 g/mol. The Labute approximate surface area is 241 Å². The van der Waals surface area contributed by atoms with E-state index in [9.17, 15) is 19.5 Å². The van der Waals surface area contributed by atoms with Crippen molar-refractivity contribution in [3.8, 4) is 0 Å². The summed E-state index contributed by atoms with van der Waals surface area (Å²) in [5, 5.41) is 10.5. The number of hydrogen-bond donors (Lipinski definition) is 1. The zero-order chi connectivity index (χ0) is 28.5. The Morgan fingerprint density at radius 2 is 1.85 bits per heavy atom. The highest BCUT2D eigenvalue weighted by Crippen LogP contribution is 2.61. The van der Waals surface area contributed by atoms with E-state index < -0.39 is 35.6 Å². The van der Waals surface area contributed by atoms with Gasteiger partial charge in [-0.25, -0.2) is 0 Å². The highest BCUT2D eigenvalue weighted by Gasteiger charge is 2.77. The van der Waals surface area contributed by atoms with Crippen LogP contribution in [0, 0.1) is 17.8 Å². The third-order valence-corrected chi connectivity index (χ3v) is 10.2. The van der Waals surface area contributed by atoms with E-state index in [2.05, 4.69) is 29.1 Å². The van der Waals surface area contributed by atoms with Crippen molar-refractivity contribution in [2.24, 2.45) is 17.8 Å². The van der Waals surface area contributed by atoms with Gasteiger partial charge in [0.05, 0.1) is 30.6 Å². The van der Waals surface area contributed by atoms with Crippen LogP contribution in [0.25, 0.3) is 0 Å². The number of ether oxygens (including phenoxy) is 1. The highest BCUT2D eigenvalue weighted by atomic mass is 79.9. The Kier molecular flexibility index (Phi) is 9.65. The van der Waals surface area contributed by atoms with Gasteiger partial charge in [0, 0.05) is 30.5 Å². The molecule has 3 heterocycles. The van der Waals surface area contributed by atoms with Crippen LogP contribution in [0.4, 0.5) is 0 Å². The fourth-order valence-corrected chi connectivity index (χ4v) is 8.59. The zero-order valence-electron chi connectivity index (χ0n) is 23.8. The molecular formula is C30H46BrN3O5. The van der Waals surface area contributed by atoms with E-state index in [1.165, 1.54) is 0 Å². The van der Waals surface area contributed by atoms with Crippen LogP contribution in [0.1, 0.15) is 65.7 Å². The van der Waals surface area contributed by atoms with Crippen molar-refractivity contribution >= 4 is 33.7 Å². The second-order valence-electron chi connectivity index (χ2n) is 12.0. The molecule has 0 aromatic rings. The van der Waals surface area contributed by atoms with Gasteiger partial charge >= 0.3 is 0 Å². The number of fused-ring (bicyclic) bond motifs is 1. The highest BCUT2D eigenvalue weighted by molar-refractivity contribution is 9.09. The first-order chi connectivity index (χ1) is 18.7. The predicted octanol–water partition coefficient (Wildman–Crippen LogP) is 3.52. The first kappa shape index (κ1) is 30.3. The maximum atomic E-state index is 14.7. The summed E-state index contributed by atoms with van der Waals surface area (Å²) in [7, 11) is 0. The van der Waals surface area contributed by atoms with Crippen LogP contribution in [-0.2, 0) is 19.1 Å². The SMILES string of the molecule is C=CCN(CCC)C(=O)[C@H]1[C@H]2C(=O)N([C@@H](CO)C(C)C)C(C(=O)N(CC=C)C3CCCCC3)C23CC(Br)[C@@H]1O3. The summed E-state index contributed by atoms with van der Waals surface area (Å²) >= 11 is 3.77. The molecule has 3 unspecified atom stereocenters. The van der Waals surface area contributed by atoms with Gasteiger partial charge in [0.25, 0.3) is 0 Å². The number of carbonyl (C=O) groups is 3. The summed E-state index contributed by atoms with van der Waals surface area (Å²) in [5.41, 5.74) is -1.13. The molecule has 1 N–H and O–H groups in total. The van der Waals surface area contributed by atoms with Gasteiger partial charge in [-0.3, -0.25) is 14.4 Å². The minimum absolute atomic E-state index is 0.0757. The molecular weight excluding hydrogens is 562 g/mol. The molecule has 1 aliphatic carbocycles. The molecule has 1 spiro atoms. The minimum Gasteiger partial charge on any atom is -0.394 e. The first-order valence-corrected chi connectivity index (χ1v) is 15.7. The Morgan fingerprint density at radius 3 is 2.41 bits per heavy atom. The van der Waals surface area contributed by atoms with Crippen LogP contribution in [0.3, 0.4) is 0 Å². The van der Waals surface area contributed by atoms with Crippen LogP contribution < -0.4 is 0 Å². The Hall–Kier alpha value is -1.71. The number of amides is 3. The van der Waals surface area contributed by atoms with Gasteiger partial charge in [-0.1, -0.05) is 68.1 Å². The smallest absolute Gasteiger partial charge is 0.248 e. The van der Waals surface area contributed by atoms with Gasteiger partial charge in [-0.15, -0.1) is 13.2 Å². The lowest BCUT2D eigenvalue weighted by Crippen LogP contribution is -2.61. The van der Waals surface area contributed by atoms with Crippen molar-refractivity contribution in [2.75, 3.05) is 26.2 Å².